The number of ketones is 1. The van der Waals surface area contributed by atoms with E-state index >= 15 is 0 Å². The number of hydrogen-bond acceptors (Lipinski definition) is 3. The van der Waals surface area contributed by atoms with Gasteiger partial charge in [-0.05, 0) is 26.0 Å². The number of hydrogen-bond donors (Lipinski definition) is 2. The van der Waals surface area contributed by atoms with Crippen molar-refractivity contribution in [3.8, 4) is 0 Å². The molecular weight excluding hydrogens is 218 g/mol. The number of nitrogens with one attached hydrogen (secondary N) is 2. The fraction of sp³-hybridized carbons (Fsp3) is 0.250. The van der Waals surface area contributed by atoms with Gasteiger partial charge in [-0.25, -0.2) is 10.2 Å². The van der Waals surface area contributed by atoms with Gasteiger partial charge in [0.25, 0.3) is 0 Å². The second-order valence-electron chi connectivity index (χ2n) is 3.66. The van der Waals surface area contributed by atoms with Crippen molar-refractivity contribution < 1.29 is 9.59 Å². The van der Waals surface area contributed by atoms with Gasteiger partial charge < -0.3 is 5.32 Å². The van der Waals surface area contributed by atoms with Gasteiger partial charge in [0.2, 0.25) is 0 Å². The molecule has 0 fully saturated rings. The zero-order chi connectivity index (χ0) is 12.7. The van der Waals surface area contributed by atoms with Crippen molar-refractivity contribution in [3.05, 3.63) is 30.3 Å². The molecule has 0 unspecified atom stereocenters. The molecule has 90 valence electrons. The number of nitrogens with zero attached hydrogens (tertiary/aromatic N) is 1. The molecule has 5 heteroatoms. The maximum absolute atomic E-state index is 11.4. The first-order valence-electron chi connectivity index (χ1n) is 5.22. The minimum absolute atomic E-state index is 0.0107. The van der Waals surface area contributed by atoms with Crippen molar-refractivity contribution in [1.82, 2.24) is 5.43 Å². The van der Waals surface area contributed by atoms with Crippen LogP contribution in [0.2, 0.25) is 0 Å². The first-order valence-corrected chi connectivity index (χ1v) is 5.22. The summed E-state index contributed by atoms with van der Waals surface area (Å²) in [5.74, 6) is 0.0107. The van der Waals surface area contributed by atoms with E-state index in [4.69, 9.17) is 0 Å². The zero-order valence-corrected chi connectivity index (χ0v) is 9.86. The molecule has 0 aliphatic carbocycles. The molecule has 17 heavy (non-hydrogen) atoms. The number of Topliss-reactive ketones (excluding diaryl/α,β-unsaturated/α-hetero) is 1. The Kier molecular flexibility index (Phi) is 4.87. The second-order valence-corrected chi connectivity index (χ2v) is 3.66. The molecule has 0 saturated heterocycles. The summed E-state index contributed by atoms with van der Waals surface area (Å²) in [6.07, 6.45) is 0.242. The average Bonchev–Trinajstić information content (AvgIpc) is 2.27. The van der Waals surface area contributed by atoms with Gasteiger partial charge in [0, 0.05) is 17.8 Å². The first-order chi connectivity index (χ1) is 8.08. The number of rotatable bonds is 4. The minimum atomic E-state index is -0.431. The van der Waals surface area contributed by atoms with Crippen LogP contribution in [0, 0.1) is 0 Å². The summed E-state index contributed by atoms with van der Waals surface area (Å²) in [7, 11) is 0. The van der Waals surface area contributed by atoms with E-state index in [0.717, 1.165) is 0 Å². The van der Waals surface area contributed by atoms with Crippen LogP contribution >= 0.6 is 0 Å². The number of hydrazone groups is 1. The standard InChI is InChI=1S/C12H15N3O2/c1-9(8-10(2)16)14-15-12(17)13-11-6-4-3-5-7-11/h3-7H,8H2,1-2H3,(H2,13,15,17)/b14-9+. The fourth-order valence-electron chi connectivity index (χ4n) is 1.23. The van der Waals surface area contributed by atoms with E-state index < -0.39 is 6.03 Å². The topological polar surface area (TPSA) is 70.6 Å². The highest BCUT2D eigenvalue weighted by atomic mass is 16.2. The van der Waals surface area contributed by atoms with E-state index in [1.165, 1.54) is 6.92 Å². The summed E-state index contributed by atoms with van der Waals surface area (Å²) in [6, 6.07) is 8.61. The van der Waals surface area contributed by atoms with Crippen molar-refractivity contribution in [2.75, 3.05) is 5.32 Å². The Morgan fingerprint density at radius 2 is 1.82 bits per heavy atom. The molecule has 0 spiro atoms. The van der Waals surface area contributed by atoms with Crippen LogP contribution in [-0.2, 0) is 4.79 Å². The quantitative estimate of drug-likeness (QED) is 0.618. The third kappa shape index (κ3) is 5.46. The van der Waals surface area contributed by atoms with Gasteiger partial charge in [-0.1, -0.05) is 18.2 Å². The monoisotopic (exact) mass is 233 g/mol. The van der Waals surface area contributed by atoms with Gasteiger partial charge in [-0.3, -0.25) is 4.79 Å². The largest absolute Gasteiger partial charge is 0.339 e. The molecule has 0 aliphatic heterocycles. The normalized spacial score (nSPS) is 10.8. The lowest BCUT2D eigenvalue weighted by atomic mass is 10.2. The number of amides is 2. The summed E-state index contributed by atoms with van der Waals surface area (Å²) in [6.45, 7) is 3.16. The molecule has 0 radical (unpaired) electrons. The van der Waals surface area contributed by atoms with E-state index in [-0.39, 0.29) is 12.2 Å². The van der Waals surface area contributed by atoms with Crippen molar-refractivity contribution in [2.24, 2.45) is 5.10 Å². The minimum Gasteiger partial charge on any atom is -0.307 e. The lowest BCUT2D eigenvalue weighted by molar-refractivity contribution is -0.115. The third-order valence-electron chi connectivity index (χ3n) is 1.88. The molecule has 0 saturated carbocycles. The molecule has 0 aliphatic rings. The van der Waals surface area contributed by atoms with Crippen LogP contribution in [-0.4, -0.2) is 17.5 Å². The maximum Gasteiger partial charge on any atom is 0.339 e. The number of carbonyl (C=O) groups excluding carboxylic acids is 2. The van der Waals surface area contributed by atoms with Gasteiger partial charge in [-0.15, -0.1) is 0 Å². The molecule has 1 rings (SSSR count). The van der Waals surface area contributed by atoms with Crippen LogP contribution in [0.4, 0.5) is 10.5 Å². The summed E-state index contributed by atoms with van der Waals surface area (Å²) in [4.78, 5) is 22.2. The Balaban J connectivity index is 2.43. The summed E-state index contributed by atoms with van der Waals surface area (Å²) < 4.78 is 0. The van der Waals surface area contributed by atoms with Crippen LogP contribution in [0.3, 0.4) is 0 Å². The van der Waals surface area contributed by atoms with Gasteiger partial charge in [-0.2, -0.15) is 5.10 Å². The molecule has 2 amide bonds. The van der Waals surface area contributed by atoms with Gasteiger partial charge in [0.15, 0.2) is 0 Å². The summed E-state index contributed by atoms with van der Waals surface area (Å²) in [5.41, 5.74) is 3.58. The molecule has 2 N–H and O–H groups in total. The molecule has 0 atom stereocenters. The Bertz CT molecular complexity index is 427. The van der Waals surface area contributed by atoms with E-state index in [1.54, 1.807) is 19.1 Å². The number of para-hydroxylation sites is 1. The molecule has 1 aromatic carbocycles. The Morgan fingerprint density at radius 3 is 2.41 bits per heavy atom. The lowest BCUT2D eigenvalue weighted by Crippen LogP contribution is -2.25. The van der Waals surface area contributed by atoms with Crippen molar-refractivity contribution in [2.45, 2.75) is 20.3 Å². The smallest absolute Gasteiger partial charge is 0.307 e. The lowest BCUT2D eigenvalue weighted by Gasteiger charge is -2.04. The molecule has 0 bridgehead atoms. The van der Waals surface area contributed by atoms with Crippen molar-refractivity contribution in [3.63, 3.8) is 0 Å². The van der Waals surface area contributed by atoms with Crippen LogP contribution in [0.15, 0.2) is 35.4 Å². The van der Waals surface area contributed by atoms with Crippen molar-refractivity contribution in [1.29, 1.82) is 0 Å². The molecule has 1 aromatic rings. The predicted molar refractivity (Wildman–Crippen MR) is 67.0 cm³/mol. The zero-order valence-electron chi connectivity index (χ0n) is 9.86. The van der Waals surface area contributed by atoms with Crippen LogP contribution < -0.4 is 10.7 Å². The average molecular weight is 233 g/mol. The highest BCUT2D eigenvalue weighted by Gasteiger charge is 2.00. The summed E-state index contributed by atoms with van der Waals surface area (Å²) in [5, 5.41) is 6.40. The van der Waals surface area contributed by atoms with Crippen LogP contribution in [0.1, 0.15) is 20.3 Å². The number of carbonyl (C=O) groups is 2. The van der Waals surface area contributed by atoms with Crippen LogP contribution in [0.25, 0.3) is 0 Å². The molecular formula is C12H15N3O2. The number of anilines is 1. The SMILES string of the molecule is CC(=O)C/C(C)=N/NC(=O)Nc1ccccc1. The number of benzene rings is 1. The maximum atomic E-state index is 11.4. The Labute approximate surface area is 99.9 Å². The molecule has 5 nitrogen and oxygen atoms in total. The predicted octanol–water partition coefficient (Wildman–Crippen LogP) is 2.16. The highest BCUT2D eigenvalue weighted by Crippen LogP contribution is 2.03. The van der Waals surface area contributed by atoms with E-state index in [9.17, 15) is 9.59 Å². The fourth-order valence-corrected chi connectivity index (χ4v) is 1.23. The van der Waals surface area contributed by atoms with Gasteiger partial charge in [0.05, 0.1) is 0 Å². The highest BCUT2D eigenvalue weighted by molar-refractivity contribution is 6.00. The molecule has 0 aromatic heterocycles. The number of urea groups is 1. The van der Waals surface area contributed by atoms with Crippen LogP contribution in [0.5, 0.6) is 0 Å². The Morgan fingerprint density at radius 1 is 1.18 bits per heavy atom. The second kappa shape index (κ2) is 6.42. The van der Waals surface area contributed by atoms with Gasteiger partial charge in [0.1, 0.15) is 5.78 Å². The van der Waals surface area contributed by atoms with E-state index in [0.29, 0.717) is 11.4 Å². The van der Waals surface area contributed by atoms with Gasteiger partial charge >= 0.3 is 6.03 Å². The first kappa shape index (κ1) is 12.9. The van der Waals surface area contributed by atoms with E-state index in [1.807, 2.05) is 18.2 Å². The Hall–Kier alpha value is -2.17. The summed E-state index contributed by atoms with van der Waals surface area (Å²) >= 11 is 0. The third-order valence-corrected chi connectivity index (χ3v) is 1.88. The van der Waals surface area contributed by atoms with E-state index in [2.05, 4.69) is 15.8 Å². The molecule has 0 heterocycles. The van der Waals surface area contributed by atoms with Crippen molar-refractivity contribution >= 4 is 23.2 Å².